The summed E-state index contributed by atoms with van der Waals surface area (Å²) >= 11 is 0. The fraction of sp³-hybridized carbons (Fsp3) is 0.300. The molecule has 6 nitrogen and oxygen atoms in total. The molecule has 0 aromatic carbocycles. The van der Waals surface area contributed by atoms with Crippen LogP contribution in [0, 0.1) is 11.3 Å². The van der Waals surface area contributed by atoms with Gasteiger partial charge in [0, 0.05) is 18.4 Å². The number of nitrogens with zero attached hydrogens (tertiary/aromatic N) is 2. The molecule has 84 valence electrons. The summed E-state index contributed by atoms with van der Waals surface area (Å²) < 4.78 is 4.96. The third kappa shape index (κ3) is 4.39. The smallest absolute Gasteiger partial charge is 0.243 e. The molecule has 3 N–H and O–H groups in total. The fourth-order valence-corrected chi connectivity index (χ4v) is 1.04. The van der Waals surface area contributed by atoms with Crippen molar-refractivity contribution in [2.75, 3.05) is 25.1 Å². The number of primary amides is 1. The van der Waals surface area contributed by atoms with E-state index in [9.17, 15) is 4.79 Å². The number of nitrogens with two attached hydrogens (primary N) is 1. The van der Waals surface area contributed by atoms with Crippen LogP contribution in [0.25, 0.3) is 0 Å². The van der Waals surface area contributed by atoms with Crippen molar-refractivity contribution in [2.45, 2.75) is 0 Å². The lowest BCUT2D eigenvalue weighted by atomic mass is 10.3. The molecule has 1 aromatic heterocycles. The molecule has 16 heavy (non-hydrogen) atoms. The molecule has 0 fully saturated rings. The molecule has 0 aliphatic rings. The monoisotopic (exact) mass is 220 g/mol. The maximum Gasteiger partial charge on any atom is 0.243 e. The van der Waals surface area contributed by atoms with E-state index in [0.29, 0.717) is 18.8 Å². The zero-order valence-electron chi connectivity index (χ0n) is 8.64. The van der Waals surface area contributed by atoms with Crippen LogP contribution in [0.3, 0.4) is 0 Å². The van der Waals surface area contributed by atoms with E-state index in [1.54, 1.807) is 18.3 Å². The summed E-state index contributed by atoms with van der Waals surface area (Å²) in [5.74, 6) is -0.490. The number of anilines is 1. The van der Waals surface area contributed by atoms with E-state index in [1.165, 1.54) is 0 Å². The highest BCUT2D eigenvalue weighted by Gasteiger charge is 1.96. The van der Waals surface area contributed by atoms with Crippen molar-refractivity contribution in [1.29, 1.82) is 5.26 Å². The SMILES string of the molecule is N#Cc1cc(NCCOCC(N)=O)ccn1. The molecule has 0 unspecified atom stereocenters. The maximum absolute atomic E-state index is 10.3. The second-order valence-electron chi connectivity index (χ2n) is 2.99. The fourth-order valence-electron chi connectivity index (χ4n) is 1.04. The van der Waals surface area contributed by atoms with Crippen molar-refractivity contribution in [3.63, 3.8) is 0 Å². The van der Waals surface area contributed by atoms with E-state index in [0.717, 1.165) is 5.69 Å². The molecule has 0 bridgehead atoms. The van der Waals surface area contributed by atoms with Gasteiger partial charge in [0.2, 0.25) is 5.91 Å². The summed E-state index contributed by atoms with van der Waals surface area (Å²) in [5, 5.41) is 11.6. The van der Waals surface area contributed by atoms with Gasteiger partial charge in [0.1, 0.15) is 18.4 Å². The second kappa shape index (κ2) is 6.37. The van der Waals surface area contributed by atoms with Crippen molar-refractivity contribution in [3.8, 4) is 6.07 Å². The molecule has 1 rings (SSSR count). The number of hydrogen-bond acceptors (Lipinski definition) is 5. The molecule has 0 saturated carbocycles. The third-order valence-electron chi connectivity index (χ3n) is 1.69. The van der Waals surface area contributed by atoms with Gasteiger partial charge in [-0.1, -0.05) is 0 Å². The summed E-state index contributed by atoms with van der Waals surface area (Å²) in [6, 6.07) is 5.32. The van der Waals surface area contributed by atoms with Crippen molar-refractivity contribution >= 4 is 11.6 Å². The average molecular weight is 220 g/mol. The Morgan fingerprint density at radius 2 is 2.50 bits per heavy atom. The molecular weight excluding hydrogens is 208 g/mol. The number of pyridine rings is 1. The van der Waals surface area contributed by atoms with Gasteiger partial charge in [0.25, 0.3) is 0 Å². The number of hydrogen-bond donors (Lipinski definition) is 2. The van der Waals surface area contributed by atoms with Crippen LogP contribution in [-0.4, -0.2) is 30.6 Å². The first-order chi connectivity index (χ1) is 7.72. The van der Waals surface area contributed by atoms with Gasteiger partial charge in [-0.3, -0.25) is 4.79 Å². The van der Waals surface area contributed by atoms with Gasteiger partial charge < -0.3 is 15.8 Å². The lowest BCUT2D eigenvalue weighted by molar-refractivity contribution is -0.122. The maximum atomic E-state index is 10.3. The molecule has 0 spiro atoms. The van der Waals surface area contributed by atoms with E-state index < -0.39 is 5.91 Å². The average Bonchev–Trinajstić information content (AvgIpc) is 2.28. The van der Waals surface area contributed by atoms with Crippen molar-refractivity contribution in [3.05, 3.63) is 24.0 Å². The minimum absolute atomic E-state index is 0.0819. The van der Waals surface area contributed by atoms with Gasteiger partial charge in [-0.15, -0.1) is 0 Å². The standard InChI is InChI=1S/C10H12N4O2/c11-6-9-5-8(1-2-13-9)14-3-4-16-7-10(12)15/h1-2,5H,3-4,7H2,(H2,12,15)(H,13,14). The lowest BCUT2D eigenvalue weighted by Crippen LogP contribution is -2.20. The van der Waals surface area contributed by atoms with E-state index >= 15 is 0 Å². The zero-order valence-corrected chi connectivity index (χ0v) is 8.64. The van der Waals surface area contributed by atoms with E-state index in [4.69, 9.17) is 15.7 Å². The predicted octanol–water partition coefficient (Wildman–Crippen LogP) is -0.133. The third-order valence-corrected chi connectivity index (χ3v) is 1.69. The van der Waals surface area contributed by atoms with Gasteiger partial charge in [-0.05, 0) is 12.1 Å². The minimum Gasteiger partial charge on any atom is -0.383 e. The largest absolute Gasteiger partial charge is 0.383 e. The zero-order chi connectivity index (χ0) is 11.8. The summed E-state index contributed by atoms with van der Waals surface area (Å²) in [5.41, 5.74) is 6.03. The highest BCUT2D eigenvalue weighted by Crippen LogP contribution is 2.06. The molecule has 1 amide bonds. The Morgan fingerprint density at radius 3 is 3.19 bits per heavy atom. The van der Waals surface area contributed by atoms with Crippen molar-refractivity contribution in [1.82, 2.24) is 4.98 Å². The first-order valence-electron chi connectivity index (χ1n) is 4.68. The summed E-state index contributed by atoms with van der Waals surface area (Å²) in [4.78, 5) is 14.2. The normalized spacial score (nSPS) is 9.44. The first kappa shape index (κ1) is 11.9. The van der Waals surface area contributed by atoms with Crippen LogP contribution in [0.1, 0.15) is 5.69 Å². The highest BCUT2D eigenvalue weighted by molar-refractivity contribution is 5.74. The van der Waals surface area contributed by atoms with Gasteiger partial charge in [-0.25, -0.2) is 4.98 Å². The first-order valence-corrected chi connectivity index (χ1v) is 4.68. The minimum atomic E-state index is -0.490. The molecule has 6 heteroatoms. The number of ether oxygens (including phenoxy) is 1. The predicted molar refractivity (Wildman–Crippen MR) is 57.5 cm³/mol. The van der Waals surface area contributed by atoms with Gasteiger partial charge in [0.15, 0.2) is 0 Å². The summed E-state index contributed by atoms with van der Waals surface area (Å²) in [7, 11) is 0. The molecule has 0 saturated heterocycles. The van der Waals surface area contributed by atoms with Crippen LogP contribution in [-0.2, 0) is 9.53 Å². The lowest BCUT2D eigenvalue weighted by Gasteiger charge is -2.06. The van der Waals surface area contributed by atoms with Crippen LogP contribution in [0.15, 0.2) is 18.3 Å². The Hall–Kier alpha value is -2.13. The number of nitriles is 1. The number of carbonyl (C=O) groups is 1. The molecular formula is C10H12N4O2. The van der Waals surface area contributed by atoms with Gasteiger partial charge in [-0.2, -0.15) is 5.26 Å². The molecule has 1 aromatic rings. The topological polar surface area (TPSA) is 101 Å². The molecule has 1 heterocycles. The molecule has 0 aliphatic carbocycles. The van der Waals surface area contributed by atoms with Crippen LogP contribution >= 0.6 is 0 Å². The Labute approximate surface area is 93.0 Å². The van der Waals surface area contributed by atoms with Gasteiger partial charge in [0.05, 0.1) is 6.61 Å². The summed E-state index contributed by atoms with van der Waals surface area (Å²) in [6.45, 7) is 0.816. The van der Waals surface area contributed by atoms with Crippen LogP contribution < -0.4 is 11.1 Å². The Balaban J connectivity index is 2.27. The van der Waals surface area contributed by atoms with Crippen molar-refractivity contribution < 1.29 is 9.53 Å². The molecule has 0 radical (unpaired) electrons. The van der Waals surface area contributed by atoms with E-state index in [-0.39, 0.29) is 6.61 Å². The Bertz CT molecular complexity index is 400. The van der Waals surface area contributed by atoms with Crippen LogP contribution in [0.4, 0.5) is 5.69 Å². The number of rotatable bonds is 6. The number of aromatic nitrogens is 1. The molecule has 0 atom stereocenters. The van der Waals surface area contributed by atoms with Crippen molar-refractivity contribution in [2.24, 2.45) is 5.73 Å². The number of carbonyl (C=O) groups excluding carboxylic acids is 1. The summed E-state index contributed by atoms with van der Waals surface area (Å²) in [6.07, 6.45) is 1.55. The number of amides is 1. The van der Waals surface area contributed by atoms with Crippen LogP contribution in [0.2, 0.25) is 0 Å². The highest BCUT2D eigenvalue weighted by atomic mass is 16.5. The quantitative estimate of drug-likeness (QED) is 0.650. The van der Waals surface area contributed by atoms with E-state index in [1.807, 2.05) is 6.07 Å². The van der Waals surface area contributed by atoms with Crippen LogP contribution in [0.5, 0.6) is 0 Å². The Kier molecular flexibility index (Phi) is 4.76. The Morgan fingerprint density at radius 1 is 1.69 bits per heavy atom. The van der Waals surface area contributed by atoms with Gasteiger partial charge >= 0.3 is 0 Å². The molecule has 0 aliphatic heterocycles. The van der Waals surface area contributed by atoms with E-state index in [2.05, 4.69) is 10.3 Å². The second-order valence-corrected chi connectivity index (χ2v) is 2.99. The number of nitrogens with one attached hydrogen (secondary N) is 1.